The Hall–Kier alpha value is -3.69. The van der Waals surface area contributed by atoms with Crippen molar-refractivity contribution in [1.29, 1.82) is 0 Å². The summed E-state index contributed by atoms with van der Waals surface area (Å²) in [6, 6.07) is 11.4. The predicted molar refractivity (Wildman–Crippen MR) is 100 cm³/mol. The van der Waals surface area contributed by atoms with E-state index >= 15 is 0 Å². The molecule has 0 atom stereocenters. The van der Waals surface area contributed by atoms with Crippen molar-refractivity contribution in [2.24, 2.45) is 0 Å². The summed E-state index contributed by atoms with van der Waals surface area (Å²) in [6.45, 7) is 2.57. The van der Waals surface area contributed by atoms with Crippen LogP contribution < -0.4 is 15.4 Å². The van der Waals surface area contributed by atoms with Crippen LogP contribution in [0.1, 0.15) is 13.8 Å². The van der Waals surface area contributed by atoms with E-state index in [2.05, 4.69) is 25.3 Å². The Balaban J connectivity index is 2.06. The number of ether oxygens (including phenoxy) is 1. The molecule has 150 valence electrons. The summed E-state index contributed by atoms with van der Waals surface area (Å²) in [5, 5.41) is 4.91. The molecule has 0 saturated carbocycles. The zero-order valence-corrected chi connectivity index (χ0v) is 15.3. The molecule has 0 fully saturated rings. The molecular weight excluding hydrogens is 389 g/mol. The summed E-state index contributed by atoms with van der Waals surface area (Å²) >= 11 is 0. The molecule has 2 aromatic carbocycles. The third-order valence-electron chi connectivity index (χ3n) is 3.70. The average Bonchev–Trinajstić information content (AvgIpc) is 2.60. The van der Waals surface area contributed by atoms with Crippen LogP contribution in [0.4, 0.5) is 24.8 Å². The molecule has 3 aromatic rings. The van der Waals surface area contributed by atoms with Crippen molar-refractivity contribution < 1.29 is 27.5 Å². The second-order valence-corrected chi connectivity index (χ2v) is 6.07. The minimum atomic E-state index is -4.97. The standard InChI is InChI=1S/C19H15F3N4O3/c1-10(27)23-14-6-3-12(4-7-14)13-5-8-16-15(9-13)17(29-19(20,21)22)26-18(25-16)24-11(2)28/h3-9H,1-2H3,(H,23,27)(H,24,25,26,28). The van der Waals surface area contributed by atoms with Gasteiger partial charge in [-0.2, -0.15) is 4.98 Å². The van der Waals surface area contributed by atoms with Gasteiger partial charge in [0.05, 0.1) is 10.9 Å². The number of benzene rings is 2. The van der Waals surface area contributed by atoms with Gasteiger partial charge in [-0.15, -0.1) is 13.2 Å². The van der Waals surface area contributed by atoms with E-state index in [1.165, 1.54) is 26.0 Å². The first kappa shape index (κ1) is 20.1. The monoisotopic (exact) mass is 404 g/mol. The number of hydrogen-bond donors (Lipinski definition) is 2. The first-order valence-corrected chi connectivity index (χ1v) is 8.34. The van der Waals surface area contributed by atoms with E-state index in [0.717, 1.165) is 0 Å². The minimum Gasteiger partial charge on any atom is -0.387 e. The smallest absolute Gasteiger partial charge is 0.387 e. The van der Waals surface area contributed by atoms with Crippen molar-refractivity contribution in [3.63, 3.8) is 0 Å². The van der Waals surface area contributed by atoms with E-state index < -0.39 is 18.1 Å². The van der Waals surface area contributed by atoms with Gasteiger partial charge in [0.25, 0.3) is 0 Å². The van der Waals surface area contributed by atoms with Gasteiger partial charge in [0.2, 0.25) is 23.6 Å². The Morgan fingerprint density at radius 2 is 1.52 bits per heavy atom. The number of carbonyl (C=O) groups is 2. The fraction of sp³-hybridized carbons (Fsp3) is 0.158. The molecule has 0 radical (unpaired) electrons. The molecular formula is C19H15F3N4O3. The van der Waals surface area contributed by atoms with Crippen LogP contribution in [0.15, 0.2) is 42.5 Å². The maximum absolute atomic E-state index is 12.8. The molecule has 0 aliphatic rings. The van der Waals surface area contributed by atoms with E-state index in [9.17, 15) is 22.8 Å². The lowest BCUT2D eigenvalue weighted by molar-refractivity contribution is -0.275. The van der Waals surface area contributed by atoms with Gasteiger partial charge in [0.15, 0.2) is 0 Å². The summed E-state index contributed by atoms with van der Waals surface area (Å²) in [5.41, 5.74) is 2.05. The number of carbonyl (C=O) groups excluding carboxylic acids is 2. The lowest BCUT2D eigenvalue weighted by atomic mass is 10.0. The zero-order chi connectivity index (χ0) is 21.2. The molecule has 2 N–H and O–H groups in total. The lowest BCUT2D eigenvalue weighted by Crippen LogP contribution is -2.19. The molecule has 1 heterocycles. The van der Waals surface area contributed by atoms with E-state index in [4.69, 9.17) is 0 Å². The molecule has 0 bridgehead atoms. The van der Waals surface area contributed by atoms with E-state index in [1.54, 1.807) is 30.3 Å². The van der Waals surface area contributed by atoms with Crippen LogP contribution >= 0.6 is 0 Å². The molecule has 3 rings (SSSR count). The summed E-state index contributed by atoms with van der Waals surface area (Å²) in [6.07, 6.45) is -4.97. The number of alkyl halides is 3. The van der Waals surface area contributed by atoms with Crippen molar-refractivity contribution >= 4 is 34.4 Å². The fourth-order valence-corrected chi connectivity index (χ4v) is 2.63. The summed E-state index contributed by atoms with van der Waals surface area (Å²) in [7, 11) is 0. The van der Waals surface area contributed by atoms with Crippen LogP contribution in [0.2, 0.25) is 0 Å². The highest BCUT2D eigenvalue weighted by Crippen LogP contribution is 2.33. The van der Waals surface area contributed by atoms with Gasteiger partial charge >= 0.3 is 6.36 Å². The van der Waals surface area contributed by atoms with Gasteiger partial charge in [-0.1, -0.05) is 18.2 Å². The first-order valence-electron chi connectivity index (χ1n) is 8.34. The average molecular weight is 404 g/mol. The van der Waals surface area contributed by atoms with Gasteiger partial charge in [-0.05, 0) is 35.4 Å². The largest absolute Gasteiger partial charge is 0.574 e. The normalized spacial score (nSPS) is 11.2. The molecule has 10 heteroatoms. The molecule has 0 aliphatic heterocycles. The number of anilines is 2. The van der Waals surface area contributed by atoms with Gasteiger partial charge in [0.1, 0.15) is 0 Å². The second-order valence-electron chi connectivity index (χ2n) is 6.07. The number of fused-ring (bicyclic) bond motifs is 1. The molecule has 0 unspecified atom stereocenters. The Morgan fingerprint density at radius 1 is 0.897 bits per heavy atom. The predicted octanol–water partition coefficient (Wildman–Crippen LogP) is 4.11. The summed E-state index contributed by atoms with van der Waals surface area (Å²) in [5.74, 6) is -1.76. The van der Waals surface area contributed by atoms with Gasteiger partial charge < -0.3 is 10.1 Å². The van der Waals surface area contributed by atoms with Crippen LogP contribution in [0.25, 0.3) is 22.0 Å². The number of hydrogen-bond acceptors (Lipinski definition) is 5. The summed E-state index contributed by atoms with van der Waals surface area (Å²) in [4.78, 5) is 30.0. The Bertz CT molecular complexity index is 1080. The maximum atomic E-state index is 12.8. The molecule has 29 heavy (non-hydrogen) atoms. The highest BCUT2D eigenvalue weighted by Gasteiger charge is 2.33. The first-order chi connectivity index (χ1) is 13.6. The molecule has 0 saturated heterocycles. The van der Waals surface area contributed by atoms with Crippen molar-refractivity contribution in [2.45, 2.75) is 20.2 Å². The Morgan fingerprint density at radius 3 is 2.10 bits per heavy atom. The van der Waals surface area contributed by atoms with Gasteiger partial charge in [0, 0.05) is 19.5 Å². The second kappa shape index (κ2) is 7.74. The molecule has 7 nitrogen and oxygen atoms in total. The highest BCUT2D eigenvalue weighted by atomic mass is 19.4. The third kappa shape index (κ3) is 5.18. The van der Waals surface area contributed by atoms with E-state index in [0.29, 0.717) is 16.8 Å². The Labute approximate surface area is 162 Å². The maximum Gasteiger partial charge on any atom is 0.574 e. The zero-order valence-electron chi connectivity index (χ0n) is 15.3. The fourth-order valence-electron chi connectivity index (χ4n) is 2.63. The van der Waals surface area contributed by atoms with Crippen LogP contribution in [-0.2, 0) is 9.59 Å². The topological polar surface area (TPSA) is 93.2 Å². The molecule has 1 aromatic heterocycles. The van der Waals surface area contributed by atoms with Crippen molar-refractivity contribution in [3.05, 3.63) is 42.5 Å². The van der Waals surface area contributed by atoms with Crippen LogP contribution in [0, 0.1) is 0 Å². The molecule has 2 amide bonds. The number of amides is 2. The third-order valence-corrected chi connectivity index (χ3v) is 3.70. The van der Waals surface area contributed by atoms with Crippen molar-refractivity contribution in [2.75, 3.05) is 10.6 Å². The number of nitrogens with one attached hydrogen (secondary N) is 2. The van der Waals surface area contributed by atoms with Gasteiger partial charge in [-0.3, -0.25) is 14.9 Å². The number of aromatic nitrogens is 2. The van der Waals surface area contributed by atoms with Crippen LogP contribution in [0.5, 0.6) is 5.88 Å². The molecule has 0 aliphatic carbocycles. The molecule has 0 spiro atoms. The lowest BCUT2D eigenvalue weighted by Gasteiger charge is -2.13. The van der Waals surface area contributed by atoms with Crippen molar-refractivity contribution in [1.82, 2.24) is 9.97 Å². The number of nitrogens with zero attached hydrogens (tertiary/aromatic N) is 2. The van der Waals surface area contributed by atoms with E-state index in [1.807, 2.05) is 0 Å². The number of halogens is 3. The van der Waals surface area contributed by atoms with E-state index in [-0.39, 0.29) is 22.8 Å². The minimum absolute atomic E-state index is 0.0277. The van der Waals surface area contributed by atoms with Crippen LogP contribution in [-0.4, -0.2) is 28.1 Å². The number of rotatable bonds is 4. The SMILES string of the molecule is CC(=O)Nc1ccc(-c2ccc3nc(NC(C)=O)nc(OC(F)(F)F)c3c2)cc1. The Kier molecular flexibility index (Phi) is 5.35. The van der Waals surface area contributed by atoms with Crippen LogP contribution in [0.3, 0.4) is 0 Å². The summed E-state index contributed by atoms with van der Waals surface area (Å²) < 4.78 is 42.5. The quantitative estimate of drug-likeness (QED) is 0.683. The highest BCUT2D eigenvalue weighted by molar-refractivity contribution is 5.92. The van der Waals surface area contributed by atoms with Gasteiger partial charge in [-0.25, -0.2) is 4.98 Å². The van der Waals surface area contributed by atoms with Crippen molar-refractivity contribution in [3.8, 4) is 17.0 Å².